The summed E-state index contributed by atoms with van der Waals surface area (Å²) < 4.78 is 31.2. The molecule has 0 fully saturated rings. The van der Waals surface area contributed by atoms with Crippen LogP contribution in [0.1, 0.15) is 87.2 Å². The lowest BCUT2D eigenvalue weighted by atomic mass is 9.89. The van der Waals surface area contributed by atoms with E-state index in [4.69, 9.17) is 21.1 Å². The normalized spacial score (nSPS) is 23.9. The third-order valence-corrected chi connectivity index (χ3v) is 10.3. The second-order valence-corrected chi connectivity index (χ2v) is 14.3. The molecule has 0 aliphatic carbocycles. The van der Waals surface area contributed by atoms with E-state index in [1.54, 1.807) is 31.1 Å². The van der Waals surface area contributed by atoms with E-state index in [0.29, 0.717) is 43.0 Å². The highest BCUT2D eigenvalue weighted by molar-refractivity contribution is 7.98. The van der Waals surface area contributed by atoms with Crippen LogP contribution in [0.15, 0.2) is 42.0 Å². The number of amides is 2. The summed E-state index contributed by atoms with van der Waals surface area (Å²) in [5.41, 5.74) is 4.07. The molecule has 0 spiro atoms. The largest absolute Gasteiger partial charge is 0.491 e. The first-order valence-electron chi connectivity index (χ1n) is 16.5. The van der Waals surface area contributed by atoms with Gasteiger partial charge in [-0.25, -0.2) is 4.39 Å². The Morgan fingerprint density at radius 1 is 1.22 bits per heavy atom. The molecule has 7 nitrogen and oxygen atoms in total. The summed E-state index contributed by atoms with van der Waals surface area (Å²) in [6.45, 7) is 10.0. The van der Waals surface area contributed by atoms with Crippen molar-refractivity contribution in [2.75, 3.05) is 45.3 Å². The van der Waals surface area contributed by atoms with Gasteiger partial charge in [-0.2, -0.15) is 0 Å². The molecular formula is C36H49ClFN3O4S. The maximum Gasteiger partial charge on any atom is 0.261 e. The molecule has 2 aromatic rings. The first-order chi connectivity index (χ1) is 22.0. The highest BCUT2D eigenvalue weighted by atomic mass is 35.5. The predicted octanol–water partition coefficient (Wildman–Crippen LogP) is 7.81. The molecule has 4 atom stereocenters. The number of likely N-dealkylation sites (N-methyl/N-ethyl adjacent to an activating group) is 1. The van der Waals surface area contributed by atoms with Crippen LogP contribution in [-0.2, 0) is 16.0 Å². The number of rotatable bonds is 7. The number of allylic oxidation sites excluding steroid dienone is 1. The van der Waals surface area contributed by atoms with Crippen LogP contribution in [-0.4, -0.2) is 68.5 Å². The molecule has 46 heavy (non-hydrogen) atoms. The number of fused-ring (bicyclic) bond motifs is 1. The van der Waals surface area contributed by atoms with E-state index < -0.39 is 0 Å². The number of hydrogen-bond acceptors (Lipinski definition) is 6. The summed E-state index contributed by atoms with van der Waals surface area (Å²) in [6, 6.07) is 9.16. The van der Waals surface area contributed by atoms with E-state index >= 15 is 4.39 Å². The van der Waals surface area contributed by atoms with Crippen molar-refractivity contribution in [1.82, 2.24) is 9.62 Å². The van der Waals surface area contributed by atoms with Gasteiger partial charge in [0.1, 0.15) is 18.2 Å². The zero-order chi connectivity index (χ0) is 33.4. The van der Waals surface area contributed by atoms with Crippen molar-refractivity contribution in [3.63, 3.8) is 0 Å². The van der Waals surface area contributed by atoms with Crippen LogP contribution in [0.4, 0.5) is 10.1 Å². The molecule has 4 unspecified atom stereocenters. The van der Waals surface area contributed by atoms with Gasteiger partial charge >= 0.3 is 0 Å². The van der Waals surface area contributed by atoms with Crippen LogP contribution >= 0.6 is 23.5 Å². The smallest absolute Gasteiger partial charge is 0.261 e. The number of ether oxygens (including phenoxy) is 2. The molecule has 2 aromatic carbocycles. The quantitative estimate of drug-likeness (QED) is 0.239. The summed E-state index contributed by atoms with van der Waals surface area (Å²) in [6.07, 6.45) is 6.77. The Morgan fingerprint density at radius 3 is 2.72 bits per heavy atom. The van der Waals surface area contributed by atoms with Crippen molar-refractivity contribution >= 4 is 41.1 Å². The van der Waals surface area contributed by atoms with E-state index in [1.165, 1.54) is 11.9 Å². The summed E-state index contributed by atoms with van der Waals surface area (Å²) in [7, 11) is 3.48. The van der Waals surface area contributed by atoms with Crippen LogP contribution in [0.5, 0.6) is 5.75 Å². The zero-order valence-corrected chi connectivity index (χ0v) is 29.6. The predicted molar refractivity (Wildman–Crippen MR) is 187 cm³/mol. The molecule has 0 saturated heterocycles. The van der Waals surface area contributed by atoms with Gasteiger partial charge in [-0.3, -0.25) is 14.3 Å². The molecule has 10 heteroatoms. The van der Waals surface area contributed by atoms with Crippen LogP contribution in [0.3, 0.4) is 0 Å². The van der Waals surface area contributed by atoms with Crippen LogP contribution in [0.2, 0.25) is 5.02 Å². The number of carbonyl (C=O) groups is 2. The molecule has 4 rings (SSSR count). The number of halogens is 2. The summed E-state index contributed by atoms with van der Waals surface area (Å²) in [5.74, 6) is 0.152. The Labute approximate surface area is 283 Å². The second-order valence-electron chi connectivity index (χ2n) is 12.7. The molecule has 2 bridgehead atoms. The summed E-state index contributed by atoms with van der Waals surface area (Å²) >= 11 is 7.65. The fraction of sp³-hybridized carbons (Fsp3) is 0.556. The molecule has 0 saturated carbocycles. The zero-order valence-electron chi connectivity index (χ0n) is 28.0. The highest BCUT2D eigenvalue weighted by Gasteiger charge is 2.30. The standard InChI is InChI=1S/C36H49ClFN3O4S/c1-7-10-29-28(14-15-30(37)34(29)38)27-20-41-18-17-25(8-2)35(45-22-33(42)40(5)6)23(3)11-9-12-24(4)46-39-36(43)26-13-16-32(44-21-27)31(41)19-26/h11,13-16,19,24-25,27,35H,7-10,12,17-18,20-22H2,1-6H3,(H,39,43)/b23-11+. The maximum absolute atomic E-state index is 15.3. The van der Waals surface area contributed by atoms with E-state index in [1.807, 2.05) is 25.1 Å². The van der Waals surface area contributed by atoms with E-state index in [-0.39, 0.29) is 52.5 Å². The lowest BCUT2D eigenvalue weighted by molar-refractivity contribution is -0.135. The van der Waals surface area contributed by atoms with E-state index in [2.05, 4.69) is 36.5 Å². The van der Waals surface area contributed by atoms with Gasteiger partial charge in [-0.05, 0) is 91.4 Å². The van der Waals surface area contributed by atoms with Crippen molar-refractivity contribution in [3.05, 3.63) is 69.5 Å². The maximum atomic E-state index is 15.3. The summed E-state index contributed by atoms with van der Waals surface area (Å²) in [5, 5.41) is 0.335. The molecule has 2 aliphatic rings. The highest BCUT2D eigenvalue weighted by Crippen LogP contribution is 2.38. The van der Waals surface area contributed by atoms with E-state index in [0.717, 1.165) is 48.9 Å². The monoisotopic (exact) mass is 673 g/mol. The Morgan fingerprint density at radius 2 is 2.00 bits per heavy atom. The Bertz CT molecular complexity index is 1400. The molecule has 2 amide bonds. The van der Waals surface area contributed by atoms with Crippen molar-refractivity contribution in [2.24, 2.45) is 5.92 Å². The molecule has 2 aliphatic heterocycles. The number of benzene rings is 2. The third kappa shape index (κ3) is 8.98. The molecule has 0 aromatic heterocycles. The van der Waals surface area contributed by atoms with Gasteiger partial charge in [-0.15, -0.1) is 0 Å². The molecule has 1 N–H and O–H groups in total. The van der Waals surface area contributed by atoms with Gasteiger partial charge in [0.2, 0.25) is 5.91 Å². The van der Waals surface area contributed by atoms with Crippen LogP contribution in [0.25, 0.3) is 0 Å². The fourth-order valence-corrected chi connectivity index (χ4v) is 7.14. The van der Waals surface area contributed by atoms with Gasteiger partial charge in [-0.1, -0.05) is 57.4 Å². The molecular weight excluding hydrogens is 625 g/mol. The van der Waals surface area contributed by atoms with E-state index in [9.17, 15) is 9.59 Å². The Hall–Kier alpha value is -2.75. The van der Waals surface area contributed by atoms with Crippen molar-refractivity contribution < 1.29 is 23.5 Å². The van der Waals surface area contributed by atoms with Gasteiger partial charge in [0.25, 0.3) is 5.91 Å². The lowest BCUT2D eigenvalue weighted by Crippen LogP contribution is -2.36. The van der Waals surface area contributed by atoms with Gasteiger partial charge in [0.05, 0.1) is 23.4 Å². The van der Waals surface area contributed by atoms with Crippen molar-refractivity contribution in [3.8, 4) is 5.75 Å². The average molecular weight is 674 g/mol. The molecule has 0 radical (unpaired) electrons. The van der Waals surface area contributed by atoms with Crippen LogP contribution < -0.4 is 14.4 Å². The van der Waals surface area contributed by atoms with Gasteiger partial charge in [0.15, 0.2) is 0 Å². The first kappa shape index (κ1) is 36.1. The number of nitrogens with zero attached hydrogens (tertiary/aromatic N) is 2. The van der Waals surface area contributed by atoms with Gasteiger partial charge < -0.3 is 19.3 Å². The summed E-state index contributed by atoms with van der Waals surface area (Å²) in [4.78, 5) is 29.6. The Kier molecular flexibility index (Phi) is 13.2. The van der Waals surface area contributed by atoms with Crippen molar-refractivity contribution in [1.29, 1.82) is 0 Å². The average Bonchev–Trinajstić information content (AvgIpc) is 3.22. The Balaban J connectivity index is 1.74. The minimum Gasteiger partial charge on any atom is -0.491 e. The number of anilines is 1. The van der Waals surface area contributed by atoms with Gasteiger partial charge in [0, 0.05) is 43.9 Å². The topological polar surface area (TPSA) is 71.1 Å². The second kappa shape index (κ2) is 16.9. The van der Waals surface area contributed by atoms with Crippen molar-refractivity contribution in [2.45, 2.75) is 83.5 Å². The SMILES string of the molecule is CCCc1c(C2COc3ccc4cc3N(CCC(CC)C(OCC(=O)N(C)C)/C(C)=C/CCC(C)SNC4=O)C2)ccc(Cl)c1F. The first-order valence-corrected chi connectivity index (χ1v) is 17.7. The minimum atomic E-state index is -0.359. The minimum absolute atomic E-state index is 0.0196. The third-order valence-electron chi connectivity index (χ3n) is 9.06. The molecule has 252 valence electrons. The number of hydrogen-bond donors (Lipinski definition) is 1. The lowest BCUT2D eigenvalue weighted by Gasteiger charge is -2.32. The fourth-order valence-electron chi connectivity index (χ4n) is 6.28. The number of carbonyl (C=O) groups excluding carboxylic acids is 2. The number of nitrogens with one attached hydrogen (secondary N) is 1. The van der Waals surface area contributed by atoms with Crippen LogP contribution in [0, 0.1) is 11.7 Å². The molecule has 2 heterocycles.